The van der Waals surface area contributed by atoms with Gasteiger partial charge in [-0.2, -0.15) is 12.6 Å². The number of aliphatic carboxylic acids is 1. The van der Waals surface area contributed by atoms with Crippen LogP contribution in [-0.2, 0) is 25.6 Å². The molecule has 1 rings (SSSR count). The van der Waals surface area contributed by atoms with Crippen molar-refractivity contribution in [2.75, 3.05) is 12.3 Å². The molecule has 15 heteroatoms. The number of nitrogens with two attached hydrogens (primary N) is 3. The van der Waals surface area contributed by atoms with Crippen molar-refractivity contribution in [2.24, 2.45) is 28.1 Å². The van der Waals surface area contributed by atoms with Gasteiger partial charge in [0.2, 0.25) is 17.7 Å². The van der Waals surface area contributed by atoms with Crippen LogP contribution in [0.1, 0.15) is 38.8 Å². The lowest BCUT2D eigenvalue weighted by atomic mass is 9.97. The highest BCUT2D eigenvalue weighted by atomic mass is 32.1. The Labute approximate surface area is 215 Å². The predicted octanol–water partition coefficient (Wildman–Crippen LogP) is -2.15. The van der Waals surface area contributed by atoms with Gasteiger partial charge >= 0.3 is 5.97 Å². The second-order valence-corrected chi connectivity index (χ2v) is 8.72. The Bertz CT molecular complexity index is 892. The molecule has 14 nitrogen and oxygen atoms in total. The largest absolute Gasteiger partial charge is 0.480 e. The zero-order chi connectivity index (χ0) is 27.3. The molecule has 36 heavy (non-hydrogen) atoms. The third kappa shape index (κ3) is 10.5. The monoisotopic (exact) mass is 527 g/mol. The minimum Gasteiger partial charge on any atom is -0.480 e. The van der Waals surface area contributed by atoms with Crippen molar-refractivity contribution in [3.05, 3.63) is 18.2 Å². The molecule has 1 heterocycles. The molecule has 0 bridgehead atoms. The molecule has 3 amide bonds. The molecule has 0 fully saturated rings. The lowest BCUT2D eigenvalue weighted by Gasteiger charge is -2.27. The van der Waals surface area contributed by atoms with Crippen LogP contribution in [0.15, 0.2) is 17.5 Å². The highest BCUT2D eigenvalue weighted by Crippen LogP contribution is 2.10. The van der Waals surface area contributed by atoms with Gasteiger partial charge in [0.05, 0.1) is 12.4 Å². The molecular weight excluding hydrogens is 490 g/mol. The van der Waals surface area contributed by atoms with E-state index in [1.54, 1.807) is 6.92 Å². The fraction of sp³-hybridized carbons (Fsp3) is 0.619. The van der Waals surface area contributed by atoms with Gasteiger partial charge in [-0.15, -0.1) is 0 Å². The van der Waals surface area contributed by atoms with Crippen molar-refractivity contribution < 1.29 is 24.3 Å². The van der Waals surface area contributed by atoms with Crippen molar-refractivity contribution >= 4 is 42.3 Å². The Hall–Kier alpha value is -3.33. The minimum atomic E-state index is -1.25. The molecule has 1 aromatic rings. The van der Waals surface area contributed by atoms with Gasteiger partial charge in [0.15, 0.2) is 5.96 Å². The number of amides is 3. The van der Waals surface area contributed by atoms with Crippen LogP contribution in [0.25, 0.3) is 0 Å². The fourth-order valence-corrected chi connectivity index (χ4v) is 3.41. The van der Waals surface area contributed by atoms with E-state index in [0.717, 1.165) is 0 Å². The number of aliphatic imine (C=N–C) groups is 1. The van der Waals surface area contributed by atoms with E-state index in [4.69, 9.17) is 17.2 Å². The number of carboxylic acids is 1. The maximum atomic E-state index is 13.0. The Balaban J connectivity index is 2.80. The highest BCUT2D eigenvalue weighted by molar-refractivity contribution is 7.80. The van der Waals surface area contributed by atoms with Gasteiger partial charge in [-0.1, -0.05) is 20.3 Å². The molecule has 0 radical (unpaired) electrons. The third-order valence-corrected chi connectivity index (χ3v) is 5.87. The Morgan fingerprint density at radius 1 is 1.14 bits per heavy atom. The summed E-state index contributed by atoms with van der Waals surface area (Å²) in [5.74, 6) is -3.55. The number of aromatic amines is 1. The zero-order valence-corrected chi connectivity index (χ0v) is 21.3. The van der Waals surface area contributed by atoms with Crippen LogP contribution in [0.2, 0.25) is 0 Å². The van der Waals surface area contributed by atoms with Crippen molar-refractivity contribution in [1.82, 2.24) is 25.9 Å². The number of hydrogen-bond acceptors (Lipinski definition) is 8. The number of carbonyl (C=O) groups is 4. The van der Waals surface area contributed by atoms with Crippen molar-refractivity contribution in [3.8, 4) is 0 Å². The summed E-state index contributed by atoms with van der Waals surface area (Å²) in [6, 6.07) is -4.25. The number of nitrogens with zero attached hydrogens (tertiary/aromatic N) is 2. The number of guanidine groups is 1. The molecule has 0 saturated heterocycles. The van der Waals surface area contributed by atoms with E-state index in [9.17, 15) is 24.3 Å². The first kappa shape index (κ1) is 30.7. The van der Waals surface area contributed by atoms with E-state index >= 15 is 0 Å². The summed E-state index contributed by atoms with van der Waals surface area (Å²) in [7, 11) is 0. The second-order valence-electron chi connectivity index (χ2n) is 8.35. The van der Waals surface area contributed by atoms with Gasteiger partial charge in [-0.05, 0) is 18.8 Å². The first-order valence-electron chi connectivity index (χ1n) is 11.5. The zero-order valence-electron chi connectivity index (χ0n) is 20.4. The predicted molar refractivity (Wildman–Crippen MR) is 137 cm³/mol. The van der Waals surface area contributed by atoms with Gasteiger partial charge < -0.3 is 43.2 Å². The number of aromatic nitrogens is 2. The van der Waals surface area contributed by atoms with E-state index in [0.29, 0.717) is 31.5 Å². The number of nitrogens with one attached hydrogen (secondary N) is 4. The van der Waals surface area contributed by atoms with E-state index in [-0.39, 0.29) is 24.1 Å². The summed E-state index contributed by atoms with van der Waals surface area (Å²) < 4.78 is 0. The average Bonchev–Trinajstić information content (AvgIpc) is 3.35. The number of hydrogen-bond donors (Lipinski definition) is 9. The topological polar surface area (TPSA) is 244 Å². The van der Waals surface area contributed by atoms with E-state index in [1.165, 1.54) is 12.5 Å². The molecule has 5 unspecified atom stereocenters. The van der Waals surface area contributed by atoms with Gasteiger partial charge in [0, 0.05) is 30.6 Å². The quantitative estimate of drug-likeness (QED) is 0.0491. The first-order chi connectivity index (χ1) is 17.0. The molecule has 11 N–H and O–H groups in total. The van der Waals surface area contributed by atoms with Gasteiger partial charge in [0.1, 0.15) is 18.1 Å². The first-order valence-corrected chi connectivity index (χ1v) is 12.2. The Morgan fingerprint density at radius 3 is 2.33 bits per heavy atom. The number of carbonyl (C=O) groups excluding carboxylic acids is 3. The van der Waals surface area contributed by atoms with E-state index in [1.807, 2.05) is 6.92 Å². The number of carboxylic acid groups (broad SMARTS) is 1. The van der Waals surface area contributed by atoms with Crippen LogP contribution in [0.5, 0.6) is 0 Å². The summed E-state index contributed by atoms with van der Waals surface area (Å²) in [6.45, 7) is 3.94. The van der Waals surface area contributed by atoms with Gasteiger partial charge in [-0.3, -0.25) is 19.4 Å². The standard InChI is InChI=1S/C21H37N9O5S/c1-3-11(2)16(30-17(31)13(22)5-4-6-26-21(23)24)19(33)29-15(9-36)18(32)28-14(20(34)35)7-12-8-25-10-27-12/h8,10-11,13-16,36H,3-7,9,22H2,1-2H3,(H,25,27)(H,28,32)(H,29,33)(H,30,31)(H,34,35)(H4,23,24,26). The van der Waals surface area contributed by atoms with Gasteiger partial charge in [0.25, 0.3) is 0 Å². The number of H-pyrrole nitrogens is 1. The van der Waals surface area contributed by atoms with Gasteiger partial charge in [-0.25, -0.2) is 9.78 Å². The maximum Gasteiger partial charge on any atom is 0.326 e. The maximum absolute atomic E-state index is 13.0. The van der Waals surface area contributed by atoms with Crippen LogP contribution in [-0.4, -0.2) is 81.2 Å². The second kappa shape index (κ2) is 15.6. The lowest BCUT2D eigenvalue weighted by molar-refractivity contribution is -0.142. The summed E-state index contributed by atoms with van der Waals surface area (Å²) in [5, 5.41) is 17.1. The molecule has 202 valence electrons. The summed E-state index contributed by atoms with van der Waals surface area (Å²) in [6.07, 6.45) is 4.14. The van der Waals surface area contributed by atoms with E-state index in [2.05, 4.69) is 43.5 Å². The van der Waals surface area contributed by atoms with Crippen LogP contribution in [0.4, 0.5) is 0 Å². The summed E-state index contributed by atoms with van der Waals surface area (Å²) >= 11 is 4.13. The third-order valence-electron chi connectivity index (χ3n) is 5.51. The smallest absolute Gasteiger partial charge is 0.326 e. The summed E-state index contributed by atoms with van der Waals surface area (Å²) in [5.41, 5.74) is 17.0. The molecule has 0 aliphatic carbocycles. The van der Waals surface area contributed by atoms with Crippen LogP contribution in [0.3, 0.4) is 0 Å². The molecule has 5 atom stereocenters. The molecule has 0 aliphatic heterocycles. The molecule has 0 aromatic carbocycles. The molecule has 1 aromatic heterocycles. The molecular formula is C21H37N9O5S. The molecule has 0 spiro atoms. The number of imidazole rings is 1. The van der Waals surface area contributed by atoms with Crippen molar-refractivity contribution in [1.29, 1.82) is 0 Å². The normalized spacial score (nSPS) is 15.0. The fourth-order valence-electron chi connectivity index (χ4n) is 3.16. The highest BCUT2D eigenvalue weighted by Gasteiger charge is 2.32. The number of thiol groups is 1. The number of rotatable bonds is 16. The van der Waals surface area contributed by atoms with E-state index < -0.39 is 47.9 Å². The van der Waals surface area contributed by atoms with Crippen LogP contribution >= 0.6 is 12.6 Å². The van der Waals surface area contributed by atoms with Crippen LogP contribution in [0, 0.1) is 5.92 Å². The minimum absolute atomic E-state index is 0.0269. The Morgan fingerprint density at radius 2 is 1.81 bits per heavy atom. The van der Waals surface area contributed by atoms with Crippen LogP contribution < -0.4 is 33.2 Å². The lowest BCUT2D eigenvalue weighted by Crippen LogP contribution is -2.59. The van der Waals surface area contributed by atoms with Crippen molar-refractivity contribution in [2.45, 2.75) is 63.7 Å². The SMILES string of the molecule is CCC(C)C(NC(=O)C(N)CCCN=C(N)N)C(=O)NC(CS)C(=O)NC(Cc1cnc[nH]1)C(=O)O. The average molecular weight is 528 g/mol. The Kier molecular flexibility index (Phi) is 13.3. The molecule has 0 saturated carbocycles. The molecule has 0 aliphatic rings. The van der Waals surface area contributed by atoms with Crippen molar-refractivity contribution in [3.63, 3.8) is 0 Å². The summed E-state index contributed by atoms with van der Waals surface area (Å²) in [4.78, 5) is 60.4.